The molecule has 0 aromatic heterocycles. The van der Waals surface area contributed by atoms with Crippen molar-refractivity contribution in [3.05, 3.63) is 12.7 Å². The molecule has 0 radical (unpaired) electrons. The Kier molecular flexibility index (Phi) is 2.54. The third kappa shape index (κ3) is 1.51. The summed E-state index contributed by atoms with van der Waals surface area (Å²) in [6.07, 6.45) is 2.98. The monoisotopic (exact) mass is 164 g/mol. The third-order valence-electron chi connectivity index (χ3n) is 2.63. The molecule has 0 N–H and O–H groups in total. The standard InChI is InChI=1S/C10H16N2/c1-4-6-12-7-5-10(2,3)9(12)8-11/h4,9H,1,5-7H2,2-3H3. The van der Waals surface area contributed by atoms with Crippen molar-refractivity contribution in [3.63, 3.8) is 0 Å². The summed E-state index contributed by atoms with van der Waals surface area (Å²) in [6.45, 7) is 9.86. The maximum atomic E-state index is 8.97. The van der Waals surface area contributed by atoms with Gasteiger partial charge >= 0.3 is 0 Å². The fraction of sp³-hybridized carbons (Fsp3) is 0.700. The van der Waals surface area contributed by atoms with Gasteiger partial charge in [0.1, 0.15) is 6.04 Å². The molecule has 1 unspecified atom stereocenters. The second-order valence-corrected chi connectivity index (χ2v) is 4.05. The van der Waals surface area contributed by atoms with Gasteiger partial charge in [-0.05, 0) is 11.8 Å². The van der Waals surface area contributed by atoms with Gasteiger partial charge in [-0.2, -0.15) is 5.26 Å². The first-order valence-corrected chi connectivity index (χ1v) is 4.36. The van der Waals surface area contributed by atoms with Crippen LogP contribution in [0, 0.1) is 16.7 Å². The number of rotatable bonds is 2. The molecule has 0 aromatic carbocycles. The van der Waals surface area contributed by atoms with E-state index in [-0.39, 0.29) is 11.5 Å². The maximum absolute atomic E-state index is 8.97. The van der Waals surface area contributed by atoms with E-state index in [1.807, 2.05) is 6.08 Å². The van der Waals surface area contributed by atoms with Crippen LogP contribution in [0.1, 0.15) is 20.3 Å². The Balaban J connectivity index is 2.71. The SMILES string of the molecule is C=CCN1CCC(C)(C)C1C#N. The summed E-state index contributed by atoms with van der Waals surface area (Å²) in [5.74, 6) is 0. The topological polar surface area (TPSA) is 27.0 Å². The summed E-state index contributed by atoms with van der Waals surface area (Å²) in [5, 5.41) is 8.97. The second kappa shape index (κ2) is 3.28. The molecule has 2 heteroatoms. The lowest BCUT2D eigenvalue weighted by molar-refractivity contribution is 0.249. The highest BCUT2D eigenvalue weighted by atomic mass is 15.2. The summed E-state index contributed by atoms with van der Waals surface area (Å²) < 4.78 is 0. The van der Waals surface area contributed by atoms with E-state index >= 15 is 0 Å². The van der Waals surface area contributed by atoms with Crippen LogP contribution in [0.4, 0.5) is 0 Å². The molecule has 0 spiro atoms. The van der Waals surface area contributed by atoms with E-state index in [4.69, 9.17) is 5.26 Å². The van der Waals surface area contributed by atoms with Crippen LogP contribution in [-0.4, -0.2) is 24.0 Å². The van der Waals surface area contributed by atoms with Crippen molar-refractivity contribution in [2.75, 3.05) is 13.1 Å². The molecule has 1 heterocycles. The van der Waals surface area contributed by atoms with Crippen molar-refractivity contribution in [1.82, 2.24) is 4.90 Å². The smallest absolute Gasteiger partial charge is 0.103 e. The normalized spacial score (nSPS) is 28.2. The molecule has 0 saturated carbocycles. The molecule has 2 nitrogen and oxygen atoms in total. The largest absolute Gasteiger partial charge is 0.284 e. The third-order valence-corrected chi connectivity index (χ3v) is 2.63. The zero-order valence-electron chi connectivity index (χ0n) is 7.88. The molecule has 1 aliphatic rings. The molecule has 0 amide bonds. The van der Waals surface area contributed by atoms with E-state index in [2.05, 4.69) is 31.4 Å². The van der Waals surface area contributed by atoms with Gasteiger partial charge in [-0.25, -0.2) is 0 Å². The van der Waals surface area contributed by atoms with Gasteiger partial charge < -0.3 is 0 Å². The summed E-state index contributed by atoms with van der Waals surface area (Å²) in [4.78, 5) is 2.19. The minimum absolute atomic E-state index is 0.0653. The lowest BCUT2D eigenvalue weighted by atomic mass is 9.85. The predicted octanol–water partition coefficient (Wildman–Crippen LogP) is 1.80. The molecule has 12 heavy (non-hydrogen) atoms. The number of hydrogen-bond donors (Lipinski definition) is 0. The molecule has 1 fully saturated rings. The van der Waals surface area contributed by atoms with E-state index < -0.39 is 0 Å². The highest BCUT2D eigenvalue weighted by Gasteiger charge is 2.39. The Bertz CT molecular complexity index is 212. The van der Waals surface area contributed by atoms with Crippen LogP contribution in [0.15, 0.2) is 12.7 Å². The van der Waals surface area contributed by atoms with Crippen LogP contribution in [0.3, 0.4) is 0 Å². The van der Waals surface area contributed by atoms with Crippen LogP contribution in [0.5, 0.6) is 0 Å². The second-order valence-electron chi connectivity index (χ2n) is 4.05. The Morgan fingerprint density at radius 3 is 2.92 bits per heavy atom. The first-order valence-electron chi connectivity index (χ1n) is 4.36. The molecule has 0 bridgehead atoms. The number of hydrogen-bond acceptors (Lipinski definition) is 2. The lowest BCUT2D eigenvalue weighted by Crippen LogP contribution is -2.35. The van der Waals surface area contributed by atoms with Gasteiger partial charge in [0.2, 0.25) is 0 Å². The minimum atomic E-state index is 0.0653. The predicted molar refractivity (Wildman–Crippen MR) is 49.6 cm³/mol. The highest BCUT2D eigenvalue weighted by molar-refractivity contribution is 5.06. The van der Waals surface area contributed by atoms with Crippen LogP contribution >= 0.6 is 0 Å². The number of likely N-dealkylation sites (tertiary alicyclic amines) is 1. The van der Waals surface area contributed by atoms with Gasteiger partial charge in [-0.1, -0.05) is 19.9 Å². The van der Waals surface area contributed by atoms with E-state index in [1.54, 1.807) is 0 Å². The van der Waals surface area contributed by atoms with Crippen molar-refractivity contribution in [1.29, 1.82) is 5.26 Å². The van der Waals surface area contributed by atoms with Crippen LogP contribution < -0.4 is 0 Å². The molecule has 1 atom stereocenters. The van der Waals surface area contributed by atoms with Crippen molar-refractivity contribution < 1.29 is 0 Å². The van der Waals surface area contributed by atoms with Gasteiger partial charge in [-0.3, -0.25) is 4.90 Å². The van der Waals surface area contributed by atoms with Crippen LogP contribution in [-0.2, 0) is 0 Å². The summed E-state index contributed by atoms with van der Waals surface area (Å²) in [5.41, 5.74) is 0.151. The lowest BCUT2D eigenvalue weighted by Gasteiger charge is -2.25. The molecular formula is C10H16N2. The van der Waals surface area contributed by atoms with E-state index in [1.165, 1.54) is 0 Å². The molecular weight excluding hydrogens is 148 g/mol. The Labute approximate surface area is 74.5 Å². The number of nitrogens with zero attached hydrogens (tertiary/aromatic N) is 2. The molecule has 1 saturated heterocycles. The highest BCUT2D eigenvalue weighted by Crippen LogP contribution is 2.35. The van der Waals surface area contributed by atoms with Crippen molar-refractivity contribution in [3.8, 4) is 6.07 Å². The zero-order valence-corrected chi connectivity index (χ0v) is 7.88. The average Bonchev–Trinajstić information content (AvgIpc) is 2.27. The summed E-state index contributed by atoms with van der Waals surface area (Å²) in [6, 6.07) is 2.43. The minimum Gasteiger partial charge on any atom is -0.284 e. The van der Waals surface area contributed by atoms with E-state index in [0.29, 0.717) is 0 Å². The van der Waals surface area contributed by atoms with Crippen LogP contribution in [0.25, 0.3) is 0 Å². The molecule has 0 aliphatic carbocycles. The Hall–Kier alpha value is -0.810. The first-order chi connectivity index (χ1) is 5.61. The fourth-order valence-electron chi connectivity index (χ4n) is 1.81. The van der Waals surface area contributed by atoms with Crippen molar-refractivity contribution >= 4 is 0 Å². The zero-order chi connectivity index (χ0) is 9.19. The van der Waals surface area contributed by atoms with E-state index in [0.717, 1.165) is 19.5 Å². The van der Waals surface area contributed by atoms with Gasteiger partial charge in [0.25, 0.3) is 0 Å². The van der Waals surface area contributed by atoms with Gasteiger partial charge in [-0.15, -0.1) is 6.58 Å². The van der Waals surface area contributed by atoms with Crippen molar-refractivity contribution in [2.45, 2.75) is 26.3 Å². The van der Waals surface area contributed by atoms with Gasteiger partial charge in [0.05, 0.1) is 6.07 Å². The molecule has 66 valence electrons. The Morgan fingerprint density at radius 2 is 2.42 bits per heavy atom. The van der Waals surface area contributed by atoms with Gasteiger partial charge in [0.15, 0.2) is 0 Å². The first kappa shape index (κ1) is 9.28. The number of nitriles is 1. The quantitative estimate of drug-likeness (QED) is 0.582. The van der Waals surface area contributed by atoms with E-state index in [9.17, 15) is 0 Å². The van der Waals surface area contributed by atoms with Crippen molar-refractivity contribution in [2.24, 2.45) is 5.41 Å². The average molecular weight is 164 g/mol. The molecule has 1 rings (SSSR count). The van der Waals surface area contributed by atoms with Crippen LogP contribution in [0.2, 0.25) is 0 Å². The Morgan fingerprint density at radius 1 is 1.75 bits per heavy atom. The van der Waals surface area contributed by atoms with Gasteiger partial charge in [0, 0.05) is 13.1 Å². The summed E-state index contributed by atoms with van der Waals surface area (Å²) >= 11 is 0. The molecule has 1 aliphatic heterocycles. The maximum Gasteiger partial charge on any atom is 0.103 e. The summed E-state index contributed by atoms with van der Waals surface area (Å²) in [7, 11) is 0. The fourth-order valence-corrected chi connectivity index (χ4v) is 1.81. The molecule has 0 aromatic rings.